The fourth-order valence-electron chi connectivity index (χ4n) is 0.792. The first-order valence-corrected chi connectivity index (χ1v) is 3.08. The first-order chi connectivity index (χ1) is 4.86. The van der Waals surface area contributed by atoms with Crippen molar-refractivity contribution in [3.05, 3.63) is 23.5 Å². The van der Waals surface area contributed by atoms with Crippen molar-refractivity contribution in [2.45, 2.75) is 13.0 Å². The highest BCUT2D eigenvalue weighted by Crippen LogP contribution is 2.00. The van der Waals surface area contributed by atoms with Crippen LogP contribution >= 0.6 is 0 Å². The number of aliphatic hydroxyl groups excluding tert-OH is 1. The van der Waals surface area contributed by atoms with E-state index in [1.54, 1.807) is 12.1 Å². The number of nitrogens with one attached hydrogen (secondary N) is 1. The number of aromatic nitrogens is 1. The van der Waals surface area contributed by atoms with Gasteiger partial charge in [-0.15, -0.1) is 0 Å². The number of H-pyrrole nitrogens is 1. The summed E-state index contributed by atoms with van der Waals surface area (Å²) in [6.45, 7) is -0.00113. The molecule has 0 bridgehead atoms. The Bertz CT molecular complexity index is 217. The highest BCUT2D eigenvalue weighted by molar-refractivity contribution is 5.53. The van der Waals surface area contributed by atoms with Crippen molar-refractivity contribution in [2.24, 2.45) is 0 Å². The first-order valence-electron chi connectivity index (χ1n) is 3.08. The molecule has 0 saturated carbocycles. The summed E-state index contributed by atoms with van der Waals surface area (Å²) in [6, 6.07) is 3.55. The van der Waals surface area contributed by atoms with Crippen LogP contribution in [0.2, 0.25) is 0 Å². The minimum Gasteiger partial charge on any atom is -0.390 e. The second kappa shape index (κ2) is 3.17. The van der Waals surface area contributed by atoms with Crippen LogP contribution in [0.3, 0.4) is 0 Å². The summed E-state index contributed by atoms with van der Waals surface area (Å²) in [7, 11) is 0. The average Bonchev–Trinajstić information content (AvgIpc) is 2.37. The van der Waals surface area contributed by atoms with Crippen molar-refractivity contribution in [3.63, 3.8) is 0 Å². The maximum Gasteiger partial charge on any atom is 0.125 e. The fourth-order valence-corrected chi connectivity index (χ4v) is 0.792. The quantitative estimate of drug-likeness (QED) is 0.590. The summed E-state index contributed by atoms with van der Waals surface area (Å²) in [5.74, 6) is 0. The van der Waals surface area contributed by atoms with Crippen LogP contribution in [0.5, 0.6) is 0 Å². The van der Waals surface area contributed by atoms with Gasteiger partial charge in [-0.2, -0.15) is 0 Å². The van der Waals surface area contributed by atoms with Gasteiger partial charge in [-0.3, -0.25) is 0 Å². The number of carbonyl (C=O) groups is 1. The smallest absolute Gasteiger partial charge is 0.125 e. The second-order valence-corrected chi connectivity index (χ2v) is 2.04. The number of hydrogen-bond acceptors (Lipinski definition) is 2. The summed E-state index contributed by atoms with van der Waals surface area (Å²) in [5, 5.41) is 8.60. The van der Waals surface area contributed by atoms with Crippen molar-refractivity contribution >= 4 is 6.29 Å². The number of hydrogen-bond donors (Lipinski definition) is 2. The summed E-state index contributed by atoms with van der Waals surface area (Å²) < 4.78 is 0. The van der Waals surface area contributed by atoms with Crippen LogP contribution < -0.4 is 0 Å². The van der Waals surface area contributed by atoms with Crippen LogP contribution in [-0.2, 0) is 17.8 Å². The number of rotatable bonds is 3. The molecule has 1 heterocycles. The Morgan fingerprint density at radius 1 is 1.50 bits per heavy atom. The molecule has 2 N–H and O–H groups in total. The number of carbonyl (C=O) groups excluding carboxylic acids is 1. The third-order valence-corrected chi connectivity index (χ3v) is 1.28. The number of aldehydes is 1. The van der Waals surface area contributed by atoms with Crippen molar-refractivity contribution in [1.29, 1.82) is 0 Å². The van der Waals surface area contributed by atoms with E-state index in [1.807, 2.05) is 0 Å². The lowest BCUT2D eigenvalue weighted by molar-refractivity contribution is -0.107. The predicted octanol–water partition coefficient (Wildman–Crippen LogP) is 0.248. The summed E-state index contributed by atoms with van der Waals surface area (Å²) in [4.78, 5) is 12.9. The lowest BCUT2D eigenvalue weighted by Gasteiger charge is -1.87. The number of aliphatic hydroxyl groups is 1. The SMILES string of the molecule is O=CCc1ccc(CO)[nH]1. The molecule has 0 spiro atoms. The molecule has 0 saturated heterocycles. The van der Waals surface area contributed by atoms with Crippen molar-refractivity contribution in [3.8, 4) is 0 Å². The maximum atomic E-state index is 9.99. The highest BCUT2D eigenvalue weighted by Gasteiger charge is 1.94. The number of aromatic amines is 1. The summed E-state index contributed by atoms with van der Waals surface area (Å²) in [5.41, 5.74) is 1.59. The van der Waals surface area contributed by atoms with E-state index < -0.39 is 0 Å². The zero-order chi connectivity index (χ0) is 7.40. The second-order valence-electron chi connectivity index (χ2n) is 2.04. The van der Waals surface area contributed by atoms with E-state index in [2.05, 4.69) is 4.98 Å². The van der Waals surface area contributed by atoms with E-state index in [9.17, 15) is 4.79 Å². The van der Waals surface area contributed by atoms with Gasteiger partial charge in [0.05, 0.1) is 6.61 Å². The van der Waals surface area contributed by atoms with Gasteiger partial charge in [0.25, 0.3) is 0 Å². The standard InChI is InChI=1S/C7H9NO2/c9-4-3-6-1-2-7(5-10)8-6/h1-2,4,8,10H,3,5H2. The topological polar surface area (TPSA) is 53.1 Å². The molecular formula is C7H9NO2. The Morgan fingerprint density at radius 3 is 2.70 bits per heavy atom. The van der Waals surface area contributed by atoms with Crippen LogP contribution in [-0.4, -0.2) is 16.4 Å². The van der Waals surface area contributed by atoms with Gasteiger partial charge in [-0.05, 0) is 12.1 Å². The van der Waals surface area contributed by atoms with Crippen molar-refractivity contribution in [2.75, 3.05) is 0 Å². The lowest BCUT2D eigenvalue weighted by atomic mass is 10.3. The molecule has 0 unspecified atom stereocenters. The average molecular weight is 139 g/mol. The summed E-state index contributed by atoms with van der Waals surface area (Å²) in [6.07, 6.45) is 1.22. The Hall–Kier alpha value is -1.09. The van der Waals surface area contributed by atoms with E-state index in [0.717, 1.165) is 17.7 Å². The molecule has 1 aromatic heterocycles. The third kappa shape index (κ3) is 1.45. The molecule has 0 fully saturated rings. The molecule has 0 amide bonds. The molecule has 0 aliphatic carbocycles. The molecule has 0 radical (unpaired) electrons. The van der Waals surface area contributed by atoms with Gasteiger partial charge in [0.2, 0.25) is 0 Å². The predicted molar refractivity (Wildman–Crippen MR) is 36.5 cm³/mol. The molecule has 0 atom stereocenters. The maximum absolute atomic E-state index is 9.99. The van der Waals surface area contributed by atoms with Crippen LogP contribution in [0.4, 0.5) is 0 Å². The van der Waals surface area contributed by atoms with Gasteiger partial charge < -0.3 is 14.9 Å². The van der Waals surface area contributed by atoms with Crippen LogP contribution in [0, 0.1) is 0 Å². The van der Waals surface area contributed by atoms with Gasteiger partial charge in [-0.1, -0.05) is 0 Å². The molecule has 3 nitrogen and oxygen atoms in total. The third-order valence-electron chi connectivity index (χ3n) is 1.28. The fraction of sp³-hybridized carbons (Fsp3) is 0.286. The summed E-state index contributed by atoms with van der Waals surface area (Å²) >= 11 is 0. The van der Waals surface area contributed by atoms with E-state index in [1.165, 1.54) is 0 Å². The molecule has 3 heteroatoms. The Kier molecular flexibility index (Phi) is 2.23. The molecule has 1 aromatic rings. The molecule has 0 aromatic carbocycles. The Labute approximate surface area is 58.7 Å². The van der Waals surface area contributed by atoms with E-state index in [0.29, 0.717) is 6.42 Å². The van der Waals surface area contributed by atoms with E-state index in [4.69, 9.17) is 5.11 Å². The molecule has 0 aliphatic heterocycles. The molecule has 10 heavy (non-hydrogen) atoms. The van der Waals surface area contributed by atoms with Gasteiger partial charge >= 0.3 is 0 Å². The Morgan fingerprint density at radius 2 is 2.20 bits per heavy atom. The highest BCUT2D eigenvalue weighted by atomic mass is 16.3. The largest absolute Gasteiger partial charge is 0.390 e. The molecule has 1 rings (SSSR count). The minimum atomic E-state index is -0.00113. The molecule has 54 valence electrons. The van der Waals surface area contributed by atoms with Crippen molar-refractivity contribution < 1.29 is 9.90 Å². The van der Waals surface area contributed by atoms with Crippen LogP contribution in [0.25, 0.3) is 0 Å². The monoisotopic (exact) mass is 139 g/mol. The first kappa shape index (κ1) is 7.02. The zero-order valence-electron chi connectivity index (χ0n) is 5.50. The van der Waals surface area contributed by atoms with Gasteiger partial charge in [-0.25, -0.2) is 0 Å². The molecule has 0 aliphatic rings. The van der Waals surface area contributed by atoms with Crippen molar-refractivity contribution in [1.82, 2.24) is 4.98 Å². The van der Waals surface area contributed by atoms with Gasteiger partial charge in [0.15, 0.2) is 0 Å². The van der Waals surface area contributed by atoms with E-state index in [-0.39, 0.29) is 6.61 Å². The van der Waals surface area contributed by atoms with E-state index >= 15 is 0 Å². The normalized spacial score (nSPS) is 9.70. The molecular weight excluding hydrogens is 130 g/mol. The lowest BCUT2D eigenvalue weighted by Crippen LogP contribution is -1.87. The van der Waals surface area contributed by atoms with Gasteiger partial charge in [0.1, 0.15) is 6.29 Å². The van der Waals surface area contributed by atoms with Crippen LogP contribution in [0.15, 0.2) is 12.1 Å². The minimum absolute atomic E-state index is 0.00113. The zero-order valence-corrected chi connectivity index (χ0v) is 5.50. The van der Waals surface area contributed by atoms with Crippen LogP contribution in [0.1, 0.15) is 11.4 Å². The van der Waals surface area contributed by atoms with Gasteiger partial charge in [0, 0.05) is 17.8 Å². The Balaban J connectivity index is 2.67.